The molecule has 1 heterocycles. The van der Waals surface area contributed by atoms with E-state index >= 15 is 0 Å². The van der Waals surface area contributed by atoms with Crippen LogP contribution in [0.1, 0.15) is 44.9 Å². The Hall–Kier alpha value is -1.10. The SMILES string of the molecule is CN1CCCN(C(=O)CC2(N)CCCCC2)CC1=O. The number of hydrogen-bond acceptors (Lipinski definition) is 3. The third-order valence-electron chi connectivity index (χ3n) is 4.38. The predicted molar refractivity (Wildman–Crippen MR) is 73.5 cm³/mol. The molecule has 1 saturated heterocycles. The second-order valence-corrected chi connectivity index (χ2v) is 6.08. The average Bonchev–Trinajstić information content (AvgIpc) is 2.52. The lowest BCUT2D eigenvalue weighted by molar-refractivity contribution is -0.139. The lowest BCUT2D eigenvalue weighted by atomic mass is 9.80. The zero-order chi connectivity index (χ0) is 13.9. The summed E-state index contributed by atoms with van der Waals surface area (Å²) in [7, 11) is 1.79. The van der Waals surface area contributed by atoms with Gasteiger partial charge in [-0.05, 0) is 19.3 Å². The molecule has 0 aromatic heterocycles. The molecule has 2 amide bonds. The summed E-state index contributed by atoms with van der Waals surface area (Å²) in [6.45, 7) is 1.62. The number of carbonyl (C=O) groups excluding carboxylic acids is 2. The van der Waals surface area contributed by atoms with E-state index in [2.05, 4.69) is 0 Å². The predicted octanol–water partition coefficient (Wildman–Crippen LogP) is 0.729. The Morgan fingerprint density at radius 2 is 1.89 bits per heavy atom. The zero-order valence-corrected chi connectivity index (χ0v) is 11.9. The van der Waals surface area contributed by atoms with Crippen molar-refractivity contribution in [2.75, 3.05) is 26.7 Å². The monoisotopic (exact) mass is 267 g/mol. The summed E-state index contributed by atoms with van der Waals surface area (Å²) in [6, 6.07) is 0. The van der Waals surface area contributed by atoms with Crippen molar-refractivity contribution in [1.29, 1.82) is 0 Å². The lowest BCUT2D eigenvalue weighted by Gasteiger charge is -2.34. The van der Waals surface area contributed by atoms with E-state index in [1.54, 1.807) is 16.8 Å². The summed E-state index contributed by atoms with van der Waals surface area (Å²) < 4.78 is 0. The topological polar surface area (TPSA) is 66.6 Å². The summed E-state index contributed by atoms with van der Waals surface area (Å²) >= 11 is 0. The van der Waals surface area contributed by atoms with Gasteiger partial charge in [0.2, 0.25) is 11.8 Å². The van der Waals surface area contributed by atoms with Crippen LogP contribution in [0.15, 0.2) is 0 Å². The molecule has 0 aromatic rings. The number of likely N-dealkylation sites (N-methyl/N-ethyl adjacent to an activating group) is 1. The minimum absolute atomic E-state index is 0.0283. The van der Waals surface area contributed by atoms with E-state index in [0.717, 1.165) is 38.6 Å². The first-order valence-corrected chi connectivity index (χ1v) is 7.31. The minimum atomic E-state index is -0.337. The molecule has 1 aliphatic heterocycles. The smallest absolute Gasteiger partial charge is 0.241 e. The van der Waals surface area contributed by atoms with Crippen molar-refractivity contribution in [3.8, 4) is 0 Å². The van der Waals surface area contributed by atoms with Gasteiger partial charge in [-0.1, -0.05) is 19.3 Å². The van der Waals surface area contributed by atoms with E-state index in [1.165, 1.54) is 6.42 Å². The van der Waals surface area contributed by atoms with Crippen LogP contribution in [0.2, 0.25) is 0 Å². The van der Waals surface area contributed by atoms with Crippen LogP contribution < -0.4 is 5.73 Å². The summed E-state index contributed by atoms with van der Waals surface area (Å²) in [5, 5.41) is 0. The standard InChI is InChI=1S/C14H25N3O2/c1-16-8-5-9-17(11-13(16)19)12(18)10-14(15)6-3-2-4-7-14/h2-11,15H2,1H3. The fraction of sp³-hybridized carbons (Fsp3) is 0.857. The van der Waals surface area contributed by atoms with Gasteiger partial charge >= 0.3 is 0 Å². The molecule has 19 heavy (non-hydrogen) atoms. The van der Waals surface area contributed by atoms with Gasteiger partial charge in [-0.15, -0.1) is 0 Å². The minimum Gasteiger partial charge on any atom is -0.344 e. The van der Waals surface area contributed by atoms with Gasteiger partial charge in [-0.2, -0.15) is 0 Å². The van der Waals surface area contributed by atoms with Crippen LogP contribution in [-0.4, -0.2) is 53.8 Å². The molecule has 2 rings (SSSR count). The van der Waals surface area contributed by atoms with E-state index < -0.39 is 0 Å². The van der Waals surface area contributed by atoms with Crippen molar-refractivity contribution in [2.24, 2.45) is 5.73 Å². The molecule has 0 bridgehead atoms. The highest BCUT2D eigenvalue weighted by molar-refractivity contribution is 5.85. The Morgan fingerprint density at radius 3 is 2.58 bits per heavy atom. The normalized spacial score (nSPS) is 24.2. The average molecular weight is 267 g/mol. The third-order valence-corrected chi connectivity index (χ3v) is 4.38. The Bertz CT molecular complexity index is 351. The van der Waals surface area contributed by atoms with Gasteiger partial charge in [0.05, 0.1) is 6.54 Å². The zero-order valence-electron chi connectivity index (χ0n) is 11.9. The molecule has 0 spiro atoms. The molecule has 0 aromatic carbocycles. The Kier molecular flexibility index (Phi) is 4.45. The molecule has 2 aliphatic rings. The van der Waals surface area contributed by atoms with Crippen LogP contribution in [0.25, 0.3) is 0 Å². The molecule has 2 N–H and O–H groups in total. The summed E-state index contributed by atoms with van der Waals surface area (Å²) in [5.74, 6) is 0.0774. The largest absolute Gasteiger partial charge is 0.344 e. The Labute approximate surface area is 115 Å². The van der Waals surface area contributed by atoms with Crippen LogP contribution in [-0.2, 0) is 9.59 Å². The van der Waals surface area contributed by atoms with Gasteiger partial charge in [-0.3, -0.25) is 9.59 Å². The van der Waals surface area contributed by atoms with Crippen LogP contribution >= 0.6 is 0 Å². The maximum Gasteiger partial charge on any atom is 0.241 e. The maximum absolute atomic E-state index is 12.4. The molecule has 0 atom stereocenters. The lowest BCUT2D eigenvalue weighted by Crippen LogP contribution is -2.48. The van der Waals surface area contributed by atoms with Gasteiger partial charge < -0.3 is 15.5 Å². The van der Waals surface area contributed by atoms with Gasteiger partial charge in [0, 0.05) is 32.1 Å². The van der Waals surface area contributed by atoms with E-state index in [4.69, 9.17) is 5.73 Å². The first-order chi connectivity index (χ1) is 9.00. The van der Waals surface area contributed by atoms with Crippen LogP contribution in [0.4, 0.5) is 0 Å². The summed E-state index contributed by atoms with van der Waals surface area (Å²) in [6.07, 6.45) is 6.56. The fourth-order valence-corrected chi connectivity index (χ4v) is 3.05. The molecular formula is C14H25N3O2. The Balaban J connectivity index is 1.93. The van der Waals surface area contributed by atoms with Crippen LogP contribution in [0, 0.1) is 0 Å². The number of nitrogens with zero attached hydrogens (tertiary/aromatic N) is 2. The number of rotatable bonds is 2. The van der Waals surface area contributed by atoms with Crippen molar-refractivity contribution >= 4 is 11.8 Å². The van der Waals surface area contributed by atoms with Gasteiger partial charge in [0.25, 0.3) is 0 Å². The molecule has 2 fully saturated rings. The second-order valence-electron chi connectivity index (χ2n) is 6.08. The number of carbonyl (C=O) groups is 2. The highest BCUT2D eigenvalue weighted by Crippen LogP contribution is 2.29. The molecule has 0 unspecified atom stereocenters. The first-order valence-electron chi connectivity index (χ1n) is 7.31. The van der Waals surface area contributed by atoms with Crippen molar-refractivity contribution in [3.63, 3.8) is 0 Å². The molecular weight excluding hydrogens is 242 g/mol. The molecule has 5 heteroatoms. The molecule has 1 aliphatic carbocycles. The van der Waals surface area contributed by atoms with E-state index in [9.17, 15) is 9.59 Å². The van der Waals surface area contributed by atoms with Gasteiger partial charge in [-0.25, -0.2) is 0 Å². The van der Waals surface area contributed by atoms with Gasteiger partial charge in [0.1, 0.15) is 0 Å². The second kappa shape index (κ2) is 5.90. The number of nitrogens with two attached hydrogens (primary N) is 1. The molecule has 5 nitrogen and oxygen atoms in total. The molecule has 0 radical (unpaired) electrons. The van der Waals surface area contributed by atoms with Crippen molar-refractivity contribution in [1.82, 2.24) is 9.80 Å². The maximum atomic E-state index is 12.4. The first kappa shape index (κ1) is 14.3. The highest BCUT2D eigenvalue weighted by atomic mass is 16.2. The van der Waals surface area contributed by atoms with E-state index in [0.29, 0.717) is 13.0 Å². The van der Waals surface area contributed by atoms with E-state index in [-0.39, 0.29) is 23.9 Å². The molecule has 1 saturated carbocycles. The van der Waals surface area contributed by atoms with Crippen molar-refractivity contribution in [3.05, 3.63) is 0 Å². The fourth-order valence-electron chi connectivity index (χ4n) is 3.05. The quantitative estimate of drug-likeness (QED) is 0.802. The summed E-state index contributed by atoms with van der Waals surface area (Å²) in [4.78, 5) is 27.5. The van der Waals surface area contributed by atoms with Crippen LogP contribution in [0.3, 0.4) is 0 Å². The van der Waals surface area contributed by atoms with Gasteiger partial charge in [0.15, 0.2) is 0 Å². The number of hydrogen-bond donors (Lipinski definition) is 1. The van der Waals surface area contributed by atoms with Crippen LogP contribution in [0.5, 0.6) is 0 Å². The third kappa shape index (κ3) is 3.69. The number of amides is 2. The Morgan fingerprint density at radius 1 is 1.21 bits per heavy atom. The molecule has 108 valence electrons. The van der Waals surface area contributed by atoms with E-state index in [1.807, 2.05) is 0 Å². The van der Waals surface area contributed by atoms with Crippen molar-refractivity contribution < 1.29 is 9.59 Å². The van der Waals surface area contributed by atoms with Crippen molar-refractivity contribution in [2.45, 2.75) is 50.5 Å². The summed E-state index contributed by atoms with van der Waals surface area (Å²) in [5.41, 5.74) is 5.99. The highest BCUT2D eigenvalue weighted by Gasteiger charge is 2.33.